The number of para-hydroxylation sites is 1. The number of nitrogens with zero attached hydrogens (tertiary/aromatic N) is 1. The van der Waals surface area contributed by atoms with Gasteiger partial charge < -0.3 is 4.90 Å². The van der Waals surface area contributed by atoms with Crippen LogP contribution in [0, 0.1) is 0 Å². The summed E-state index contributed by atoms with van der Waals surface area (Å²) in [6.07, 6.45) is 0. The summed E-state index contributed by atoms with van der Waals surface area (Å²) in [4.78, 5) is 2.58. The first-order valence-corrected chi connectivity index (χ1v) is 22.1. The topological polar surface area (TPSA) is 3.24 Å². The normalized spacial score (nSPS) is 14.3. The molecule has 0 heterocycles. The predicted molar refractivity (Wildman–Crippen MR) is 259 cm³/mol. The highest BCUT2D eigenvalue weighted by Crippen LogP contribution is 2.66. The molecule has 0 N–H and O–H groups in total. The number of benzene rings is 10. The molecule has 0 radical (unpaired) electrons. The number of fused-ring (bicyclic) bond motifs is 20. The molecular weight excluding hydrogens is 759 g/mol. The largest absolute Gasteiger partial charge is 0.309 e. The lowest BCUT2D eigenvalue weighted by molar-refractivity contribution is 0.793. The molecule has 2 spiro atoms. The van der Waals surface area contributed by atoms with E-state index in [0.717, 1.165) is 11.4 Å². The first-order valence-electron chi connectivity index (χ1n) is 22.1. The van der Waals surface area contributed by atoms with E-state index in [9.17, 15) is 0 Å². The second kappa shape index (κ2) is 12.8. The number of rotatable bonds is 4. The van der Waals surface area contributed by atoms with Crippen molar-refractivity contribution >= 4 is 17.1 Å². The lowest BCUT2D eigenvalue weighted by Crippen LogP contribution is -2.26. The van der Waals surface area contributed by atoms with Crippen LogP contribution in [0.3, 0.4) is 0 Å². The molecule has 10 aromatic rings. The second-order valence-corrected chi connectivity index (χ2v) is 17.4. The van der Waals surface area contributed by atoms with Crippen LogP contribution in [0.25, 0.3) is 55.6 Å². The number of hydrogen-bond donors (Lipinski definition) is 0. The van der Waals surface area contributed by atoms with Crippen molar-refractivity contribution in [3.05, 3.63) is 281 Å². The highest BCUT2D eigenvalue weighted by atomic mass is 15.1. The number of anilines is 3. The van der Waals surface area contributed by atoms with Crippen molar-refractivity contribution < 1.29 is 0 Å². The molecule has 0 fully saturated rings. The number of hydrogen-bond acceptors (Lipinski definition) is 1. The van der Waals surface area contributed by atoms with Crippen LogP contribution in [0.5, 0.6) is 0 Å². The van der Waals surface area contributed by atoms with Crippen molar-refractivity contribution in [2.75, 3.05) is 4.90 Å². The van der Waals surface area contributed by atoms with Crippen molar-refractivity contribution in [2.24, 2.45) is 0 Å². The fourth-order valence-electron chi connectivity index (χ4n) is 12.5. The average Bonchev–Trinajstić information content (AvgIpc) is 4.04. The molecule has 1 heteroatoms. The Morgan fingerprint density at radius 1 is 0.238 bits per heavy atom. The summed E-state index contributed by atoms with van der Waals surface area (Å²) in [6.45, 7) is 0. The van der Waals surface area contributed by atoms with Crippen LogP contribution < -0.4 is 4.90 Å². The van der Waals surface area contributed by atoms with E-state index >= 15 is 0 Å². The Bertz CT molecular complexity index is 3430. The maximum atomic E-state index is 2.58. The molecule has 1 nitrogen and oxygen atoms in total. The van der Waals surface area contributed by atoms with E-state index in [1.54, 1.807) is 0 Å². The maximum absolute atomic E-state index is 2.58. The summed E-state index contributed by atoms with van der Waals surface area (Å²) in [6, 6.07) is 88.9. The van der Waals surface area contributed by atoms with Crippen LogP contribution in [-0.4, -0.2) is 0 Å². The van der Waals surface area contributed by atoms with Gasteiger partial charge in [-0.25, -0.2) is 0 Å². The molecule has 63 heavy (non-hydrogen) atoms. The summed E-state index contributed by atoms with van der Waals surface area (Å²) in [5.74, 6) is 0. The Labute approximate surface area is 367 Å². The molecule has 10 aromatic carbocycles. The van der Waals surface area contributed by atoms with Gasteiger partial charge in [0.2, 0.25) is 0 Å². The van der Waals surface area contributed by atoms with Crippen molar-refractivity contribution in [3.63, 3.8) is 0 Å². The van der Waals surface area contributed by atoms with Crippen molar-refractivity contribution in [1.29, 1.82) is 0 Å². The van der Waals surface area contributed by atoms with Crippen LogP contribution in [0.4, 0.5) is 17.1 Å². The van der Waals surface area contributed by atoms with Crippen LogP contribution in [-0.2, 0) is 10.8 Å². The summed E-state index contributed by atoms with van der Waals surface area (Å²) < 4.78 is 0. The van der Waals surface area contributed by atoms with Crippen LogP contribution in [0.2, 0.25) is 0 Å². The van der Waals surface area contributed by atoms with Gasteiger partial charge in [-0.2, -0.15) is 0 Å². The SMILES string of the molecule is c1ccc(-c2ccccc2N(c2ccc3c(c2)C2(c4ccccc4-c4ccccc42)c2ccccc2-3)c2cccc3c2-c2ccccc2C32c3ccccc3-c3ccccc32)cc1. The van der Waals surface area contributed by atoms with Gasteiger partial charge in [-0.05, 0) is 113 Å². The van der Waals surface area contributed by atoms with Gasteiger partial charge in [-0.1, -0.05) is 212 Å². The fourth-order valence-corrected chi connectivity index (χ4v) is 12.5. The molecule has 0 amide bonds. The Morgan fingerprint density at radius 2 is 0.603 bits per heavy atom. The van der Waals surface area contributed by atoms with Crippen molar-refractivity contribution in [3.8, 4) is 55.6 Å². The van der Waals surface area contributed by atoms with Gasteiger partial charge >= 0.3 is 0 Å². The first-order chi connectivity index (χ1) is 31.3. The molecule has 0 atom stereocenters. The highest BCUT2D eigenvalue weighted by Gasteiger charge is 2.54. The zero-order valence-corrected chi connectivity index (χ0v) is 34.5. The van der Waals surface area contributed by atoms with E-state index in [4.69, 9.17) is 0 Å². The highest BCUT2D eigenvalue weighted by molar-refractivity contribution is 6.03. The molecule has 0 aliphatic heterocycles. The van der Waals surface area contributed by atoms with Gasteiger partial charge in [-0.15, -0.1) is 0 Å². The molecule has 4 aliphatic carbocycles. The predicted octanol–water partition coefficient (Wildman–Crippen LogP) is 15.5. The minimum atomic E-state index is -0.466. The molecule has 0 bridgehead atoms. The van der Waals surface area contributed by atoms with Gasteiger partial charge in [0.1, 0.15) is 0 Å². The van der Waals surface area contributed by atoms with Gasteiger partial charge in [-0.3, -0.25) is 0 Å². The molecule has 0 saturated carbocycles. The van der Waals surface area contributed by atoms with Crippen LogP contribution >= 0.6 is 0 Å². The monoisotopic (exact) mass is 797 g/mol. The Hall–Kier alpha value is -8.00. The van der Waals surface area contributed by atoms with E-state index in [0.29, 0.717) is 0 Å². The van der Waals surface area contributed by atoms with E-state index in [-0.39, 0.29) is 0 Å². The standard InChI is InChI=1S/C62H39N/c1-2-19-40(20-3-1)42-21-10-17-35-58(42)63(41-37-38-48-47-26-8-15-32-54(47)62(57(48)39-41)52-30-13-6-24-45(52)46-25-7-14-31-53(46)62)59-36-18-34-56-60(59)49-27-9-16-33-55(49)61(56)50-28-11-4-22-43(50)44-23-5-12-29-51(44)61/h1-39H. The van der Waals surface area contributed by atoms with Gasteiger partial charge in [0.15, 0.2) is 0 Å². The second-order valence-electron chi connectivity index (χ2n) is 17.4. The fraction of sp³-hybridized carbons (Fsp3) is 0.0323. The van der Waals surface area contributed by atoms with E-state index < -0.39 is 10.8 Å². The lowest BCUT2D eigenvalue weighted by Gasteiger charge is -2.34. The molecule has 292 valence electrons. The van der Waals surface area contributed by atoms with Crippen molar-refractivity contribution in [2.45, 2.75) is 10.8 Å². The molecule has 4 aliphatic rings. The average molecular weight is 798 g/mol. The van der Waals surface area contributed by atoms with Gasteiger partial charge in [0.25, 0.3) is 0 Å². The molecular formula is C62H39N. The Balaban J connectivity index is 1.09. The smallest absolute Gasteiger partial charge is 0.0726 e. The van der Waals surface area contributed by atoms with Gasteiger partial charge in [0.05, 0.1) is 22.2 Å². The Morgan fingerprint density at radius 3 is 1.13 bits per heavy atom. The summed E-state index contributed by atoms with van der Waals surface area (Å²) in [7, 11) is 0. The third-order valence-electron chi connectivity index (χ3n) is 14.7. The maximum Gasteiger partial charge on any atom is 0.0726 e. The lowest BCUT2D eigenvalue weighted by atomic mass is 9.70. The molecule has 0 saturated heterocycles. The molecule has 0 aromatic heterocycles. The van der Waals surface area contributed by atoms with E-state index in [1.807, 2.05) is 0 Å². The minimum absolute atomic E-state index is 0.458. The molecule has 0 unspecified atom stereocenters. The van der Waals surface area contributed by atoms with E-state index in [1.165, 1.54) is 106 Å². The third kappa shape index (κ3) is 4.31. The minimum Gasteiger partial charge on any atom is -0.309 e. The summed E-state index contributed by atoms with van der Waals surface area (Å²) in [5, 5.41) is 0. The third-order valence-corrected chi connectivity index (χ3v) is 14.7. The first kappa shape index (κ1) is 34.7. The van der Waals surface area contributed by atoms with Crippen LogP contribution in [0.1, 0.15) is 44.5 Å². The quantitative estimate of drug-likeness (QED) is 0.171. The van der Waals surface area contributed by atoms with Crippen LogP contribution in [0.15, 0.2) is 237 Å². The van der Waals surface area contributed by atoms with Gasteiger partial charge in [0, 0.05) is 16.8 Å². The summed E-state index contributed by atoms with van der Waals surface area (Å²) in [5.41, 5.74) is 26.0. The zero-order chi connectivity index (χ0) is 41.3. The van der Waals surface area contributed by atoms with E-state index in [2.05, 4.69) is 241 Å². The Kier molecular flexibility index (Phi) is 7.03. The van der Waals surface area contributed by atoms with Crippen molar-refractivity contribution in [1.82, 2.24) is 0 Å². The molecule has 14 rings (SSSR count). The zero-order valence-electron chi connectivity index (χ0n) is 34.5. The summed E-state index contributed by atoms with van der Waals surface area (Å²) >= 11 is 0.